The van der Waals surface area contributed by atoms with Crippen LogP contribution in [0.5, 0.6) is 5.75 Å². The summed E-state index contributed by atoms with van der Waals surface area (Å²) in [4.78, 5) is 40.5. The molecule has 2 aliphatic rings. The monoisotopic (exact) mass is 507 g/mol. The molecule has 1 aliphatic carbocycles. The third kappa shape index (κ3) is 5.89. The summed E-state index contributed by atoms with van der Waals surface area (Å²) in [6, 6.07) is 13.9. The van der Waals surface area contributed by atoms with E-state index in [1.54, 1.807) is 35.2 Å². The molecule has 2 fully saturated rings. The Hall–Kier alpha value is -3.55. The number of amides is 3. The number of nitrogens with one attached hydrogen (secondary N) is 1. The molecule has 1 saturated carbocycles. The summed E-state index contributed by atoms with van der Waals surface area (Å²) in [5.41, 5.74) is 1.99. The van der Waals surface area contributed by atoms with Gasteiger partial charge in [0, 0.05) is 30.4 Å². The molecule has 2 aromatic rings. The lowest BCUT2D eigenvalue weighted by atomic mass is 9.67. The van der Waals surface area contributed by atoms with E-state index in [1.807, 2.05) is 23.1 Å². The molecule has 0 unspecified atom stereocenters. The Bertz CT molecular complexity index is 1150. The summed E-state index contributed by atoms with van der Waals surface area (Å²) in [5.74, 6) is -0.552. The maximum absolute atomic E-state index is 13.8. The Kier molecular flexibility index (Phi) is 7.48. The number of urea groups is 1. The lowest BCUT2D eigenvalue weighted by molar-refractivity contribution is -0.136. The van der Waals surface area contributed by atoms with E-state index in [-0.39, 0.29) is 41.6 Å². The van der Waals surface area contributed by atoms with Crippen LogP contribution in [-0.2, 0) is 11.3 Å². The smallest absolute Gasteiger partial charge is 0.325 e. The number of hydrogen-bond acceptors (Lipinski definition) is 4. The van der Waals surface area contributed by atoms with E-state index in [0.29, 0.717) is 30.3 Å². The number of benzene rings is 2. The van der Waals surface area contributed by atoms with Gasteiger partial charge in [0.25, 0.3) is 5.91 Å². The van der Waals surface area contributed by atoms with Crippen LogP contribution in [0.1, 0.15) is 68.8 Å². The van der Waals surface area contributed by atoms with Gasteiger partial charge in [-0.2, -0.15) is 0 Å². The van der Waals surface area contributed by atoms with Gasteiger partial charge in [-0.1, -0.05) is 39.0 Å². The van der Waals surface area contributed by atoms with Gasteiger partial charge in [0.05, 0.1) is 18.5 Å². The molecule has 0 atom stereocenters. The lowest BCUT2D eigenvalue weighted by Crippen LogP contribution is -2.50. The first-order valence-electron chi connectivity index (χ1n) is 13.0. The van der Waals surface area contributed by atoms with Crippen LogP contribution in [0.15, 0.2) is 48.5 Å². The van der Waals surface area contributed by atoms with Crippen molar-refractivity contribution in [2.24, 2.45) is 11.3 Å². The van der Waals surface area contributed by atoms with Crippen molar-refractivity contribution in [3.05, 3.63) is 59.7 Å². The summed E-state index contributed by atoms with van der Waals surface area (Å²) in [7, 11) is 0. The van der Waals surface area contributed by atoms with E-state index in [1.165, 1.54) is 0 Å². The van der Waals surface area contributed by atoms with Crippen molar-refractivity contribution in [1.29, 1.82) is 0 Å². The largest absolute Gasteiger partial charge is 0.508 e. The van der Waals surface area contributed by atoms with Gasteiger partial charge in [-0.3, -0.25) is 14.5 Å². The van der Waals surface area contributed by atoms with Crippen LogP contribution < -0.4 is 10.2 Å². The number of hydrogen-bond donors (Lipinski definition) is 3. The number of nitrogens with zero attached hydrogens (tertiary/aromatic N) is 2. The predicted octanol–water partition coefficient (Wildman–Crippen LogP) is 5.01. The maximum atomic E-state index is 13.8. The molecule has 1 saturated heterocycles. The average molecular weight is 508 g/mol. The summed E-state index contributed by atoms with van der Waals surface area (Å²) >= 11 is 0. The van der Waals surface area contributed by atoms with Gasteiger partial charge in [-0.25, -0.2) is 4.79 Å². The first-order valence-corrected chi connectivity index (χ1v) is 13.0. The van der Waals surface area contributed by atoms with Crippen molar-refractivity contribution in [2.45, 2.75) is 65.0 Å². The molecule has 3 N–H and O–H groups in total. The number of carboxylic acid groups (broad SMARTS) is 1. The predicted molar refractivity (Wildman–Crippen MR) is 142 cm³/mol. The maximum Gasteiger partial charge on any atom is 0.325 e. The van der Waals surface area contributed by atoms with Crippen LogP contribution in [0, 0.1) is 11.3 Å². The van der Waals surface area contributed by atoms with Gasteiger partial charge in [-0.15, -0.1) is 0 Å². The summed E-state index contributed by atoms with van der Waals surface area (Å²) in [6.45, 7) is 7.93. The third-order valence-electron chi connectivity index (χ3n) is 7.95. The molecular weight excluding hydrogens is 470 g/mol. The first-order chi connectivity index (χ1) is 17.5. The molecule has 1 heterocycles. The van der Waals surface area contributed by atoms with E-state index < -0.39 is 5.97 Å². The highest BCUT2D eigenvalue weighted by atomic mass is 16.4. The highest BCUT2D eigenvalue weighted by molar-refractivity contribution is 5.96. The quantitative estimate of drug-likeness (QED) is 0.488. The molecule has 2 aromatic carbocycles. The van der Waals surface area contributed by atoms with Gasteiger partial charge in [0.15, 0.2) is 0 Å². The minimum absolute atomic E-state index is 0.0706. The van der Waals surface area contributed by atoms with Crippen LogP contribution in [-0.4, -0.2) is 51.6 Å². The zero-order chi connectivity index (χ0) is 26.8. The van der Waals surface area contributed by atoms with Crippen molar-refractivity contribution in [1.82, 2.24) is 10.2 Å². The van der Waals surface area contributed by atoms with Crippen molar-refractivity contribution in [3.63, 3.8) is 0 Å². The SMILES string of the molecule is CC(C)(C)C1CCC2(CC1)CN(c1cccc(O)c1)C(=O)N2Cc1ccc(C(=O)NCCC(=O)O)cc1. The van der Waals surface area contributed by atoms with Crippen molar-refractivity contribution >= 4 is 23.6 Å². The second-order valence-electron chi connectivity index (χ2n) is 11.4. The number of carbonyl (C=O) groups excluding carboxylic acids is 2. The van der Waals surface area contributed by atoms with Gasteiger partial charge in [-0.05, 0) is 66.8 Å². The molecule has 0 aromatic heterocycles. The number of phenols is 1. The number of rotatable bonds is 7. The molecular formula is C29H37N3O5. The molecule has 3 amide bonds. The second kappa shape index (κ2) is 10.4. The van der Waals surface area contributed by atoms with Crippen LogP contribution in [0.2, 0.25) is 0 Å². The fourth-order valence-electron chi connectivity index (χ4n) is 5.67. The highest BCUT2D eigenvalue weighted by Crippen LogP contribution is 2.47. The number of carbonyl (C=O) groups is 3. The second-order valence-corrected chi connectivity index (χ2v) is 11.4. The minimum Gasteiger partial charge on any atom is -0.508 e. The number of anilines is 1. The average Bonchev–Trinajstić information content (AvgIpc) is 3.10. The van der Waals surface area contributed by atoms with E-state index in [9.17, 15) is 19.5 Å². The summed E-state index contributed by atoms with van der Waals surface area (Å²) < 4.78 is 0. The van der Waals surface area contributed by atoms with Crippen LogP contribution in [0.25, 0.3) is 0 Å². The highest BCUT2D eigenvalue weighted by Gasteiger charge is 2.52. The molecule has 37 heavy (non-hydrogen) atoms. The standard InChI is InChI=1S/C29H37N3O5/c1-28(2,3)22-11-14-29(15-12-22)19-31(23-5-4-6-24(33)17-23)27(37)32(29)18-20-7-9-21(10-8-20)26(36)30-16-13-25(34)35/h4-10,17,22,33H,11-16,18-19H2,1-3H3,(H,30,36)(H,34,35). The molecule has 0 bridgehead atoms. The summed E-state index contributed by atoms with van der Waals surface area (Å²) in [5, 5.41) is 21.4. The number of phenolic OH excluding ortho intramolecular Hbond substituents is 1. The minimum atomic E-state index is -0.962. The van der Waals surface area contributed by atoms with Gasteiger partial charge >= 0.3 is 12.0 Å². The zero-order valence-corrected chi connectivity index (χ0v) is 21.9. The molecule has 1 spiro atoms. The number of aromatic hydroxyl groups is 1. The van der Waals surface area contributed by atoms with Crippen molar-refractivity contribution in [3.8, 4) is 5.75 Å². The molecule has 1 aliphatic heterocycles. The molecule has 8 nitrogen and oxygen atoms in total. The Morgan fingerprint density at radius 2 is 1.76 bits per heavy atom. The van der Waals surface area contributed by atoms with E-state index >= 15 is 0 Å². The van der Waals surface area contributed by atoms with E-state index in [0.717, 1.165) is 31.2 Å². The van der Waals surface area contributed by atoms with Crippen LogP contribution >= 0.6 is 0 Å². The molecule has 4 rings (SSSR count). The van der Waals surface area contributed by atoms with E-state index in [2.05, 4.69) is 26.1 Å². The molecule has 198 valence electrons. The zero-order valence-electron chi connectivity index (χ0n) is 21.9. The van der Waals surface area contributed by atoms with Crippen LogP contribution in [0.4, 0.5) is 10.5 Å². The Labute approximate surface area is 218 Å². The van der Waals surface area contributed by atoms with Crippen molar-refractivity contribution in [2.75, 3.05) is 18.0 Å². The topological polar surface area (TPSA) is 110 Å². The Morgan fingerprint density at radius 1 is 1.08 bits per heavy atom. The van der Waals surface area contributed by atoms with Gasteiger partial charge in [0.2, 0.25) is 0 Å². The lowest BCUT2D eigenvalue weighted by Gasteiger charge is -2.45. The fraction of sp³-hybridized carbons (Fsp3) is 0.483. The van der Waals surface area contributed by atoms with Gasteiger partial charge in [0.1, 0.15) is 5.75 Å². The van der Waals surface area contributed by atoms with Crippen molar-refractivity contribution < 1.29 is 24.6 Å². The number of carboxylic acids is 1. The Balaban J connectivity index is 1.54. The third-order valence-corrected chi connectivity index (χ3v) is 7.95. The molecule has 8 heteroatoms. The number of aliphatic carboxylic acids is 1. The van der Waals surface area contributed by atoms with Crippen LogP contribution in [0.3, 0.4) is 0 Å². The molecule has 0 radical (unpaired) electrons. The normalized spacial score (nSPS) is 21.9. The van der Waals surface area contributed by atoms with E-state index in [4.69, 9.17) is 5.11 Å². The Morgan fingerprint density at radius 3 is 2.35 bits per heavy atom. The first kappa shape index (κ1) is 26.5. The fourth-order valence-corrected chi connectivity index (χ4v) is 5.67. The summed E-state index contributed by atoms with van der Waals surface area (Å²) in [6.07, 6.45) is 3.81. The van der Waals surface area contributed by atoms with Gasteiger partial charge < -0.3 is 20.4 Å².